The van der Waals surface area contributed by atoms with E-state index in [0.29, 0.717) is 37.3 Å². The molecule has 2 bridgehead atoms. The van der Waals surface area contributed by atoms with Gasteiger partial charge >= 0.3 is 12.2 Å². The number of carbonyl (C=O) groups is 2. The topological polar surface area (TPSA) is 112 Å². The Bertz CT molecular complexity index is 1290. The van der Waals surface area contributed by atoms with Crippen LogP contribution in [0.5, 0.6) is 0 Å². The number of benzene rings is 1. The fraction of sp³-hybridized carbons (Fsp3) is 0.552. The van der Waals surface area contributed by atoms with E-state index in [1.54, 1.807) is 4.90 Å². The normalized spacial score (nSPS) is 22.0. The molecule has 2 saturated heterocycles. The van der Waals surface area contributed by atoms with Crippen LogP contribution in [0.25, 0.3) is 0 Å². The standard InChI is InChI=1S/C29H36N6O4S/c1-29(2,3)39-28(37)35-16-20-14-22-24(23(35)15-20)31-26(40-4)32-25(22)33-12-13-34(21(17-33)10-11-30)27(36)38-18-19-8-6-5-7-9-19/h5-9,20-21,23H,10,12-18H2,1-4H3/t20-,21-,23-/m0/s1. The molecule has 1 aromatic carbocycles. The Labute approximate surface area is 239 Å². The van der Waals surface area contributed by atoms with Gasteiger partial charge in [0.25, 0.3) is 0 Å². The molecule has 0 N–H and O–H groups in total. The van der Waals surface area contributed by atoms with E-state index in [9.17, 15) is 14.9 Å². The molecule has 3 atom stereocenters. The van der Waals surface area contributed by atoms with Gasteiger partial charge in [-0.2, -0.15) is 5.26 Å². The minimum Gasteiger partial charge on any atom is -0.445 e. The van der Waals surface area contributed by atoms with E-state index in [0.717, 1.165) is 35.5 Å². The maximum absolute atomic E-state index is 13.1. The third kappa shape index (κ3) is 5.97. The van der Waals surface area contributed by atoms with Gasteiger partial charge in [-0.25, -0.2) is 19.6 Å². The van der Waals surface area contributed by atoms with Crippen LogP contribution >= 0.6 is 11.8 Å². The Morgan fingerprint density at radius 3 is 2.58 bits per heavy atom. The van der Waals surface area contributed by atoms with Crippen LogP contribution in [-0.2, 0) is 22.5 Å². The third-order valence-corrected chi connectivity index (χ3v) is 8.10. The summed E-state index contributed by atoms with van der Waals surface area (Å²) in [7, 11) is 0. The lowest BCUT2D eigenvalue weighted by atomic mass is 9.87. The lowest BCUT2D eigenvalue weighted by Gasteiger charge is -2.41. The summed E-state index contributed by atoms with van der Waals surface area (Å²) in [4.78, 5) is 41.6. The molecular formula is C29H36N6O4S. The van der Waals surface area contributed by atoms with E-state index in [4.69, 9.17) is 19.4 Å². The second-order valence-corrected chi connectivity index (χ2v) is 12.3. The zero-order chi connectivity index (χ0) is 28.4. The maximum atomic E-state index is 13.1. The number of piperazine rings is 1. The molecule has 2 fully saturated rings. The molecule has 11 heteroatoms. The summed E-state index contributed by atoms with van der Waals surface area (Å²) in [5.41, 5.74) is 2.28. The number of fused-ring (bicyclic) bond motifs is 4. The van der Waals surface area contributed by atoms with E-state index < -0.39 is 11.7 Å². The Morgan fingerprint density at radius 2 is 1.88 bits per heavy atom. The molecule has 0 spiro atoms. The number of likely N-dealkylation sites (tertiary alicyclic amines) is 1. The van der Waals surface area contributed by atoms with Crippen molar-refractivity contribution in [1.29, 1.82) is 5.26 Å². The number of ether oxygens (including phenoxy) is 2. The van der Waals surface area contributed by atoms with Gasteiger partial charge in [-0.1, -0.05) is 42.1 Å². The fourth-order valence-corrected chi connectivity index (χ4v) is 6.17. The quantitative estimate of drug-likeness (QED) is 0.374. The van der Waals surface area contributed by atoms with Crippen LogP contribution in [0.4, 0.5) is 15.4 Å². The monoisotopic (exact) mass is 564 g/mol. The van der Waals surface area contributed by atoms with Crippen molar-refractivity contribution in [3.05, 3.63) is 47.2 Å². The first-order chi connectivity index (χ1) is 19.2. The molecule has 40 heavy (non-hydrogen) atoms. The summed E-state index contributed by atoms with van der Waals surface area (Å²) in [6.07, 6.45) is 3.04. The first-order valence-corrected chi connectivity index (χ1v) is 14.9. The van der Waals surface area contributed by atoms with Gasteiger partial charge in [0, 0.05) is 31.7 Å². The number of hydrogen-bond donors (Lipinski definition) is 0. The molecule has 0 radical (unpaired) electrons. The molecule has 212 valence electrons. The molecule has 0 unspecified atom stereocenters. The molecule has 5 rings (SSSR count). The minimum absolute atomic E-state index is 0.152. The van der Waals surface area contributed by atoms with Gasteiger partial charge < -0.3 is 19.3 Å². The van der Waals surface area contributed by atoms with Crippen molar-refractivity contribution in [2.75, 3.05) is 37.3 Å². The van der Waals surface area contributed by atoms with Crippen LogP contribution in [0, 0.1) is 17.2 Å². The van der Waals surface area contributed by atoms with Crippen molar-refractivity contribution in [3.8, 4) is 6.07 Å². The van der Waals surface area contributed by atoms with E-state index in [1.165, 1.54) is 11.8 Å². The molecule has 2 amide bonds. The minimum atomic E-state index is -0.574. The largest absolute Gasteiger partial charge is 0.445 e. The molecule has 10 nitrogen and oxygen atoms in total. The molecular weight excluding hydrogens is 528 g/mol. The van der Waals surface area contributed by atoms with Crippen molar-refractivity contribution >= 4 is 29.8 Å². The zero-order valence-corrected chi connectivity index (χ0v) is 24.3. The van der Waals surface area contributed by atoms with E-state index >= 15 is 0 Å². The number of carbonyl (C=O) groups excluding carboxylic acids is 2. The van der Waals surface area contributed by atoms with E-state index in [1.807, 2.05) is 62.3 Å². The molecule has 1 aromatic heterocycles. The van der Waals surface area contributed by atoms with Gasteiger partial charge in [0.1, 0.15) is 18.0 Å². The lowest BCUT2D eigenvalue weighted by Crippen LogP contribution is -2.55. The number of nitrogens with zero attached hydrogens (tertiary/aromatic N) is 6. The number of anilines is 1. The number of hydrogen-bond acceptors (Lipinski definition) is 9. The first-order valence-electron chi connectivity index (χ1n) is 13.7. The van der Waals surface area contributed by atoms with Crippen molar-refractivity contribution < 1.29 is 19.1 Å². The highest BCUT2D eigenvalue weighted by molar-refractivity contribution is 7.98. The number of rotatable bonds is 5. The number of thioether (sulfide) groups is 1. The second kappa shape index (κ2) is 11.5. The zero-order valence-electron chi connectivity index (χ0n) is 23.5. The van der Waals surface area contributed by atoms with Crippen LogP contribution in [0.1, 0.15) is 56.5 Å². The van der Waals surface area contributed by atoms with Crippen LogP contribution in [0.2, 0.25) is 0 Å². The predicted octanol–water partition coefficient (Wildman–Crippen LogP) is 4.79. The van der Waals surface area contributed by atoms with Gasteiger partial charge in [-0.3, -0.25) is 4.90 Å². The highest BCUT2D eigenvalue weighted by Crippen LogP contribution is 2.46. The van der Waals surface area contributed by atoms with E-state index in [-0.39, 0.29) is 31.2 Å². The Kier molecular flexibility index (Phi) is 8.08. The fourth-order valence-electron chi connectivity index (χ4n) is 5.80. The number of nitriles is 1. The Hall–Kier alpha value is -3.52. The summed E-state index contributed by atoms with van der Waals surface area (Å²) >= 11 is 1.47. The number of amides is 2. The number of aromatic nitrogens is 2. The van der Waals surface area contributed by atoms with Crippen molar-refractivity contribution in [3.63, 3.8) is 0 Å². The van der Waals surface area contributed by atoms with Gasteiger partial charge in [-0.15, -0.1) is 0 Å². The predicted molar refractivity (Wildman–Crippen MR) is 151 cm³/mol. The summed E-state index contributed by atoms with van der Waals surface area (Å²) in [6, 6.07) is 11.3. The molecule has 2 aromatic rings. The van der Waals surface area contributed by atoms with Crippen LogP contribution in [-0.4, -0.2) is 76.0 Å². The Balaban J connectivity index is 1.37. The molecule has 0 saturated carbocycles. The molecule has 1 aliphatic carbocycles. The highest BCUT2D eigenvalue weighted by Gasteiger charge is 2.45. The van der Waals surface area contributed by atoms with Crippen molar-refractivity contribution in [2.24, 2.45) is 5.92 Å². The van der Waals surface area contributed by atoms with Crippen LogP contribution in [0.15, 0.2) is 35.5 Å². The summed E-state index contributed by atoms with van der Waals surface area (Å²) in [6.45, 7) is 7.89. The second-order valence-electron chi connectivity index (χ2n) is 11.5. The summed E-state index contributed by atoms with van der Waals surface area (Å²) in [5.74, 6) is 1.15. The van der Waals surface area contributed by atoms with Crippen molar-refractivity contribution in [1.82, 2.24) is 19.8 Å². The van der Waals surface area contributed by atoms with E-state index in [2.05, 4.69) is 11.0 Å². The molecule has 2 aliphatic heterocycles. The molecule has 3 aliphatic rings. The van der Waals surface area contributed by atoms with Gasteiger partial charge in [0.2, 0.25) is 0 Å². The van der Waals surface area contributed by atoms with Gasteiger partial charge in [0.05, 0.1) is 30.3 Å². The van der Waals surface area contributed by atoms with Crippen molar-refractivity contribution in [2.45, 2.75) is 69.5 Å². The highest BCUT2D eigenvalue weighted by atomic mass is 32.2. The maximum Gasteiger partial charge on any atom is 0.410 e. The van der Waals surface area contributed by atoms with Crippen LogP contribution < -0.4 is 4.90 Å². The summed E-state index contributed by atoms with van der Waals surface area (Å²) < 4.78 is 11.3. The van der Waals surface area contributed by atoms with Gasteiger partial charge in [-0.05, 0) is 51.3 Å². The first kappa shape index (κ1) is 28.0. The van der Waals surface area contributed by atoms with Crippen LogP contribution in [0.3, 0.4) is 0 Å². The average molecular weight is 565 g/mol. The average Bonchev–Trinajstić information content (AvgIpc) is 3.29. The lowest BCUT2D eigenvalue weighted by molar-refractivity contribution is 0.0219. The van der Waals surface area contributed by atoms with Gasteiger partial charge in [0.15, 0.2) is 5.16 Å². The third-order valence-electron chi connectivity index (χ3n) is 7.55. The Morgan fingerprint density at radius 1 is 1.10 bits per heavy atom. The molecule has 3 heterocycles. The summed E-state index contributed by atoms with van der Waals surface area (Å²) in [5, 5.41) is 10.2. The smallest absolute Gasteiger partial charge is 0.410 e. The SMILES string of the molecule is CSc1nc2c(c(N3CCN(C(=O)OCc4ccccc4)[C@@H](CC#N)C3)n1)C[C@H]1C[C@@H]2N(C(=O)OC(C)(C)C)C1.